The quantitative estimate of drug-likeness (QED) is 0.0222. The van der Waals surface area contributed by atoms with Crippen LogP contribution >= 0.6 is 15.6 Å². The summed E-state index contributed by atoms with van der Waals surface area (Å²) in [6.07, 6.45) is 69.5. The van der Waals surface area contributed by atoms with Crippen molar-refractivity contribution in [1.29, 1.82) is 0 Å². The second kappa shape index (κ2) is 78.6. The average molecular weight is 1590 g/mol. The molecule has 0 bridgehead atoms. The molecule has 0 amide bonds. The third-order valence-electron chi connectivity index (χ3n) is 21.8. The van der Waals surface area contributed by atoms with E-state index in [0.717, 1.165) is 114 Å². The van der Waals surface area contributed by atoms with E-state index in [1.165, 1.54) is 270 Å². The number of hydrogen-bond donors (Lipinski definition) is 3. The first-order chi connectivity index (χ1) is 52.7. The first kappa shape index (κ1) is 107. The second-order valence-corrected chi connectivity index (χ2v) is 36.7. The van der Waals surface area contributed by atoms with Gasteiger partial charge in [-0.2, -0.15) is 0 Å². The van der Waals surface area contributed by atoms with Gasteiger partial charge >= 0.3 is 39.5 Å². The maximum Gasteiger partial charge on any atom is 0.472 e. The molecule has 5 unspecified atom stereocenters. The zero-order chi connectivity index (χ0) is 80.2. The number of ether oxygens (including phenoxy) is 4. The Balaban J connectivity index is 5.23. The molecule has 19 heteroatoms. The highest BCUT2D eigenvalue weighted by Crippen LogP contribution is 2.45. The largest absolute Gasteiger partial charge is 0.472 e. The van der Waals surface area contributed by atoms with Crippen molar-refractivity contribution >= 4 is 39.5 Å². The van der Waals surface area contributed by atoms with E-state index >= 15 is 0 Å². The van der Waals surface area contributed by atoms with Crippen LogP contribution in [0.5, 0.6) is 0 Å². The maximum atomic E-state index is 13.2. The molecular weight excluding hydrogens is 1410 g/mol. The molecule has 0 saturated heterocycles. The lowest BCUT2D eigenvalue weighted by molar-refractivity contribution is -0.161. The number of rotatable bonds is 87. The number of aliphatic hydroxyl groups excluding tert-OH is 1. The lowest BCUT2D eigenvalue weighted by Gasteiger charge is -2.21. The standard InChI is InChI=1S/C90H176O17P2/c1-9-82(7)68-60-52-44-36-30-24-18-13-11-12-14-20-27-33-39-47-56-64-72-89(94)106-85(76-100-87(92)70-62-54-46-38-32-26-19-16-15-17-23-29-35-42-50-58-66-80(3)4)78-104-108(96,97)102-74-84(91)75-103-109(98,99)105-79-86(77-101-88(93)71-63-55-49-41-43-51-59-67-81(5)6)107-90(95)73-65-57-48-40-34-28-22-21-25-31-37-45-53-61-69-83(8)10-2/h80-86,91H,9-79H2,1-8H3,(H,96,97)(H,98,99)/t82?,83?,84?,85-,86-/m1/s1. The van der Waals surface area contributed by atoms with E-state index in [0.29, 0.717) is 31.6 Å². The monoisotopic (exact) mass is 1590 g/mol. The normalized spacial score (nSPS) is 14.4. The fraction of sp³-hybridized carbons (Fsp3) is 0.956. The lowest BCUT2D eigenvalue weighted by Crippen LogP contribution is -2.30. The lowest BCUT2D eigenvalue weighted by atomic mass is 9.99. The molecule has 0 aliphatic carbocycles. The van der Waals surface area contributed by atoms with Crippen LogP contribution in [0.1, 0.15) is 473 Å². The average Bonchev–Trinajstić information content (AvgIpc) is 0.862. The summed E-state index contributed by atoms with van der Waals surface area (Å²) >= 11 is 0. The molecule has 0 spiro atoms. The minimum absolute atomic E-state index is 0.107. The van der Waals surface area contributed by atoms with Crippen LogP contribution in [0.25, 0.3) is 0 Å². The summed E-state index contributed by atoms with van der Waals surface area (Å²) in [7, 11) is -9.94. The number of esters is 4. The molecule has 0 rings (SSSR count). The highest BCUT2D eigenvalue weighted by atomic mass is 31.2. The molecule has 0 aromatic heterocycles. The van der Waals surface area contributed by atoms with Crippen LogP contribution in [0.2, 0.25) is 0 Å². The Bertz CT molecular complexity index is 2110. The van der Waals surface area contributed by atoms with Crippen molar-refractivity contribution in [1.82, 2.24) is 0 Å². The molecule has 109 heavy (non-hydrogen) atoms. The van der Waals surface area contributed by atoms with Gasteiger partial charge in [-0.05, 0) is 49.4 Å². The van der Waals surface area contributed by atoms with Crippen LogP contribution < -0.4 is 0 Å². The van der Waals surface area contributed by atoms with Crippen molar-refractivity contribution in [3.05, 3.63) is 0 Å². The molecule has 7 atom stereocenters. The van der Waals surface area contributed by atoms with Gasteiger partial charge in [0.1, 0.15) is 19.3 Å². The van der Waals surface area contributed by atoms with E-state index in [9.17, 15) is 43.2 Å². The van der Waals surface area contributed by atoms with E-state index in [-0.39, 0.29) is 25.7 Å². The van der Waals surface area contributed by atoms with Gasteiger partial charge in [-0.25, -0.2) is 9.13 Å². The Hall–Kier alpha value is -1.94. The molecule has 0 aliphatic heterocycles. The molecule has 0 radical (unpaired) electrons. The molecule has 0 aromatic rings. The Kier molecular flexibility index (Phi) is 77.2. The van der Waals surface area contributed by atoms with Crippen LogP contribution in [0.4, 0.5) is 0 Å². The van der Waals surface area contributed by atoms with Crippen molar-refractivity contribution in [3.63, 3.8) is 0 Å². The summed E-state index contributed by atoms with van der Waals surface area (Å²) in [6.45, 7) is 14.4. The molecular formula is C90H176O17P2. The van der Waals surface area contributed by atoms with Gasteiger partial charge in [-0.1, -0.05) is 421 Å². The number of carbonyl (C=O) groups is 4. The fourth-order valence-corrected chi connectivity index (χ4v) is 15.5. The zero-order valence-electron chi connectivity index (χ0n) is 72.2. The van der Waals surface area contributed by atoms with Gasteiger partial charge in [-0.15, -0.1) is 0 Å². The van der Waals surface area contributed by atoms with Crippen LogP contribution in [-0.2, 0) is 65.4 Å². The summed E-state index contributed by atoms with van der Waals surface area (Å²) in [5.74, 6) is 1.13. The first-order valence-electron chi connectivity index (χ1n) is 46.3. The fourth-order valence-electron chi connectivity index (χ4n) is 14.0. The van der Waals surface area contributed by atoms with Crippen LogP contribution in [0.3, 0.4) is 0 Å². The Morgan fingerprint density at radius 1 is 0.257 bits per heavy atom. The van der Waals surface area contributed by atoms with Gasteiger partial charge in [0.15, 0.2) is 12.2 Å². The van der Waals surface area contributed by atoms with Crippen molar-refractivity contribution in [2.45, 2.75) is 491 Å². The molecule has 0 aliphatic rings. The van der Waals surface area contributed by atoms with Crippen molar-refractivity contribution in [2.75, 3.05) is 39.6 Å². The molecule has 648 valence electrons. The third-order valence-corrected chi connectivity index (χ3v) is 23.7. The van der Waals surface area contributed by atoms with Gasteiger partial charge in [0, 0.05) is 25.7 Å². The van der Waals surface area contributed by atoms with Crippen molar-refractivity contribution in [3.8, 4) is 0 Å². The third kappa shape index (κ3) is 81.0. The summed E-state index contributed by atoms with van der Waals surface area (Å²) in [4.78, 5) is 73.3. The van der Waals surface area contributed by atoms with E-state index < -0.39 is 97.5 Å². The van der Waals surface area contributed by atoms with Crippen LogP contribution in [0.15, 0.2) is 0 Å². The van der Waals surface area contributed by atoms with E-state index in [1.54, 1.807) is 0 Å². The number of phosphoric ester groups is 2. The van der Waals surface area contributed by atoms with Crippen molar-refractivity contribution in [2.24, 2.45) is 23.7 Å². The summed E-state index contributed by atoms with van der Waals surface area (Å²) in [6, 6.07) is 0. The number of aliphatic hydroxyl groups is 1. The zero-order valence-corrected chi connectivity index (χ0v) is 74.0. The molecule has 0 aromatic carbocycles. The SMILES string of the molecule is CCC(C)CCCCCCCCCCCCCCCCCCCCC(=O)O[C@H](COC(=O)CCCCCCCCCCCCCCCCCCC(C)C)COP(=O)(O)OCC(O)COP(=O)(O)OC[C@@H](COC(=O)CCCCCCCCCC(C)C)OC(=O)CCCCCCCCCCCCCCCCC(C)CC. The highest BCUT2D eigenvalue weighted by Gasteiger charge is 2.31. The van der Waals surface area contributed by atoms with E-state index in [1.807, 2.05) is 0 Å². The van der Waals surface area contributed by atoms with Gasteiger partial charge < -0.3 is 33.8 Å². The number of unbranched alkanes of at least 4 members (excludes halogenated alkanes) is 51. The van der Waals surface area contributed by atoms with Crippen LogP contribution in [0, 0.1) is 23.7 Å². The van der Waals surface area contributed by atoms with E-state index in [4.69, 9.17) is 37.0 Å². The predicted octanol–water partition coefficient (Wildman–Crippen LogP) is 27.5. The van der Waals surface area contributed by atoms with Crippen LogP contribution in [-0.4, -0.2) is 96.7 Å². The summed E-state index contributed by atoms with van der Waals surface area (Å²) in [5.41, 5.74) is 0. The molecule has 0 fully saturated rings. The maximum absolute atomic E-state index is 13.2. The van der Waals surface area contributed by atoms with Gasteiger partial charge in [0.05, 0.1) is 26.4 Å². The molecule has 3 N–H and O–H groups in total. The van der Waals surface area contributed by atoms with E-state index in [2.05, 4.69) is 55.4 Å². The number of carbonyl (C=O) groups excluding carboxylic acids is 4. The topological polar surface area (TPSA) is 237 Å². The predicted molar refractivity (Wildman–Crippen MR) is 451 cm³/mol. The number of phosphoric acid groups is 2. The van der Waals surface area contributed by atoms with Gasteiger partial charge in [0.25, 0.3) is 0 Å². The van der Waals surface area contributed by atoms with Crippen molar-refractivity contribution < 1.29 is 80.2 Å². The second-order valence-electron chi connectivity index (χ2n) is 33.8. The van der Waals surface area contributed by atoms with Gasteiger partial charge in [0.2, 0.25) is 0 Å². The Morgan fingerprint density at radius 3 is 0.651 bits per heavy atom. The molecule has 0 saturated carbocycles. The van der Waals surface area contributed by atoms with Gasteiger partial charge in [-0.3, -0.25) is 37.3 Å². The first-order valence-corrected chi connectivity index (χ1v) is 49.3. The smallest absolute Gasteiger partial charge is 0.462 e. The summed E-state index contributed by atoms with van der Waals surface area (Å²) in [5, 5.41) is 10.7. The Labute approximate surface area is 670 Å². The Morgan fingerprint density at radius 2 is 0.440 bits per heavy atom. The minimum atomic E-state index is -4.97. The highest BCUT2D eigenvalue weighted by molar-refractivity contribution is 7.47. The summed E-state index contributed by atoms with van der Waals surface area (Å²) < 4.78 is 69.0. The molecule has 17 nitrogen and oxygen atoms in total. The molecule has 0 heterocycles. The minimum Gasteiger partial charge on any atom is -0.462 e. The number of hydrogen-bond acceptors (Lipinski definition) is 15.